The van der Waals surface area contributed by atoms with Crippen LogP contribution in [0.2, 0.25) is 0 Å². The Balaban J connectivity index is 2.20. The van der Waals surface area contributed by atoms with Gasteiger partial charge in [-0.2, -0.15) is 11.8 Å². The third-order valence-corrected chi connectivity index (χ3v) is 4.53. The van der Waals surface area contributed by atoms with E-state index in [1.54, 1.807) is 25.1 Å². The van der Waals surface area contributed by atoms with E-state index in [-0.39, 0.29) is 12.7 Å². The number of carbonyl (C=O) groups excluding carboxylic acids is 1. The molecule has 6 heteroatoms. The molecule has 0 spiro atoms. The molecule has 1 fully saturated rings. The summed E-state index contributed by atoms with van der Waals surface area (Å²) in [6.07, 6.45) is 0.738. The van der Waals surface area contributed by atoms with Crippen LogP contribution in [0.1, 0.15) is 31.4 Å². The fraction of sp³-hybridized carbons (Fsp3) is 0.562. The molecule has 1 heterocycles. The molecule has 22 heavy (non-hydrogen) atoms. The van der Waals surface area contributed by atoms with Crippen LogP contribution in [0, 0.1) is 0 Å². The van der Waals surface area contributed by atoms with Crippen LogP contribution in [0.25, 0.3) is 0 Å². The Morgan fingerprint density at radius 1 is 1.41 bits per heavy atom. The highest BCUT2D eigenvalue weighted by molar-refractivity contribution is 7.99. The predicted molar refractivity (Wildman–Crippen MR) is 85.6 cm³/mol. The number of carbonyl (C=O) groups is 1. The number of thioether (sulfide) groups is 1. The van der Waals surface area contributed by atoms with Crippen LogP contribution in [0.4, 0.5) is 0 Å². The lowest BCUT2D eigenvalue weighted by Crippen LogP contribution is -2.23. The molecule has 0 saturated carbocycles. The molecule has 1 aliphatic heterocycles. The highest BCUT2D eigenvalue weighted by atomic mass is 32.2. The van der Waals surface area contributed by atoms with E-state index in [0.29, 0.717) is 17.1 Å². The molecule has 2 rings (SSSR count). The van der Waals surface area contributed by atoms with E-state index in [9.17, 15) is 9.90 Å². The normalized spacial score (nSPS) is 16.9. The maximum Gasteiger partial charge on any atom is 0.339 e. The van der Waals surface area contributed by atoms with Crippen LogP contribution < -0.4 is 9.47 Å². The van der Waals surface area contributed by atoms with E-state index in [2.05, 4.69) is 0 Å². The summed E-state index contributed by atoms with van der Waals surface area (Å²) in [6, 6.07) is 5.18. The zero-order chi connectivity index (χ0) is 15.9. The van der Waals surface area contributed by atoms with Gasteiger partial charge in [-0.15, -0.1) is 0 Å². The molecular formula is C16H22O5S. The van der Waals surface area contributed by atoms with E-state index in [4.69, 9.17) is 14.2 Å². The summed E-state index contributed by atoms with van der Waals surface area (Å²) >= 11 is 1.92. The average molecular weight is 326 g/mol. The summed E-state index contributed by atoms with van der Waals surface area (Å²) in [5, 5.41) is 10.1. The fourth-order valence-electron chi connectivity index (χ4n) is 2.38. The van der Waals surface area contributed by atoms with Crippen LogP contribution in [-0.2, 0) is 9.53 Å². The molecule has 0 bridgehead atoms. The van der Waals surface area contributed by atoms with Crippen LogP contribution in [-0.4, -0.2) is 42.4 Å². The van der Waals surface area contributed by atoms with Gasteiger partial charge in [0, 0.05) is 5.56 Å². The van der Waals surface area contributed by atoms with Crippen molar-refractivity contribution in [3.8, 4) is 11.5 Å². The molecule has 1 aromatic rings. The van der Waals surface area contributed by atoms with Crippen molar-refractivity contribution in [1.29, 1.82) is 0 Å². The van der Waals surface area contributed by atoms with E-state index in [0.717, 1.165) is 24.3 Å². The van der Waals surface area contributed by atoms with Gasteiger partial charge in [0.15, 0.2) is 17.6 Å². The van der Waals surface area contributed by atoms with Gasteiger partial charge in [-0.3, -0.25) is 0 Å². The van der Waals surface area contributed by atoms with Gasteiger partial charge < -0.3 is 19.3 Å². The maximum absolute atomic E-state index is 11.7. The van der Waals surface area contributed by atoms with E-state index in [1.165, 1.54) is 7.11 Å². The molecule has 5 nitrogen and oxygen atoms in total. The average Bonchev–Trinajstić information content (AvgIpc) is 2.55. The van der Waals surface area contributed by atoms with Crippen molar-refractivity contribution in [2.75, 3.05) is 25.2 Å². The Kier molecular flexibility index (Phi) is 6.39. The zero-order valence-electron chi connectivity index (χ0n) is 12.9. The number of rotatable bonds is 6. The van der Waals surface area contributed by atoms with Crippen molar-refractivity contribution >= 4 is 17.7 Å². The third kappa shape index (κ3) is 4.08. The van der Waals surface area contributed by atoms with Gasteiger partial charge in [-0.05, 0) is 37.3 Å². The molecule has 1 N–H and O–H groups in total. The van der Waals surface area contributed by atoms with Crippen molar-refractivity contribution in [2.24, 2.45) is 0 Å². The first-order valence-electron chi connectivity index (χ1n) is 7.43. The van der Waals surface area contributed by atoms with Crippen molar-refractivity contribution in [1.82, 2.24) is 0 Å². The number of hydrogen-bond donors (Lipinski definition) is 1. The minimum absolute atomic E-state index is 0.144. The maximum atomic E-state index is 11.7. The Morgan fingerprint density at radius 2 is 2.14 bits per heavy atom. The molecule has 1 atom stereocenters. The minimum Gasteiger partial charge on any atom is -0.492 e. The first kappa shape index (κ1) is 17.0. The topological polar surface area (TPSA) is 65.0 Å². The number of para-hydroxylation sites is 1. The van der Waals surface area contributed by atoms with Crippen LogP contribution >= 0.6 is 11.8 Å². The second kappa shape index (κ2) is 8.29. The van der Waals surface area contributed by atoms with Crippen LogP contribution in [0.5, 0.6) is 11.5 Å². The smallest absolute Gasteiger partial charge is 0.339 e. The lowest BCUT2D eigenvalue weighted by molar-refractivity contribution is -0.153. The molecule has 1 saturated heterocycles. The van der Waals surface area contributed by atoms with Gasteiger partial charge in [0.25, 0.3) is 0 Å². The quantitative estimate of drug-likeness (QED) is 0.811. The van der Waals surface area contributed by atoms with Gasteiger partial charge in [0.2, 0.25) is 0 Å². The number of benzene rings is 1. The van der Waals surface area contributed by atoms with E-state index < -0.39 is 12.1 Å². The first-order chi connectivity index (χ1) is 10.7. The van der Waals surface area contributed by atoms with Gasteiger partial charge in [0.1, 0.15) is 6.10 Å². The second-order valence-electron chi connectivity index (χ2n) is 4.96. The first-order valence-corrected chi connectivity index (χ1v) is 8.58. The summed E-state index contributed by atoms with van der Waals surface area (Å²) in [5.41, 5.74) is 0.364. The SMILES string of the molecule is CCOC(=O)C(O)c1cccc(OC2CCSCC2)c1OC. The number of hydrogen-bond acceptors (Lipinski definition) is 6. The van der Waals surface area contributed by atoms with Crippen LogP contribution in [0.15, 0.2) is 18.2 Å². The Bertz CT molecular complexity index is 499. The highest BCUT2D eigenvalue weighted by Crippen LogP contribution is 2.37. The standard InChI is InChI=1S/C16H22O5S/c1-3-20-16(18)14(17)12-5-4-6-13(15(12)19-2)21-11-7-9-22-10-8-11/h4-6,11,14,17H,3,7-10H2,1-2H3. The minimum atomic E-state index is -1.37. The van der Waals surface area contributed by atoms with Gasteiger partial charge >= 0.3 is 5.97 Å². The molecular weight excluding hydrogens is 304 g/mol. The number of esters is 1. The number of aliphatic hydroxyl groups is 1. The molecule has 0 radical (unpaired) electrons. The predicted octanol–water partition coefficient (Wildman–Crippen LogP) is 2.57. The summed E-state index contributed by atoms with van der Waals surface area (Å²) < 4.78 is 16.2. The summed E-state index contributed by atoms with van der Waals surface area (Å²) in [7, 11) is 1.50. The Hall–Kier alpha value is -1.40. The Morgan fingerprint density at radius 3 is 2.77 bits per heavy atom. The van der Waals surface area contributed by atoms with Crippen molar-refractivity contribution in [3.05, 3.63) is 23.8 Å². The number of methoxy groups -OCH3 is 1. The number of ether oxygens (including phenoxy) is 3. The monoisotopic (exact) mass is 326 g/mol. The molecule has 0 amide bonds. The molecule has 0 aliphatic carbocycles. The molecule has 0 aromatic heterocycles. The largest absolute Gasteiger partial charge is 0.492 e. The van der Waals surface area contributed by atoms with Crippen molar-refractivity contribution in [2.45, 2.75) is 32.0 Å². The third-order valence-electron chi connectivity index (χ3n) is 3.48. The molecule has 1 unspecified atom stereocenters. The van der Waals surface area contributed by atoms with Crippen LogP contribution in [0.3, 0.4) is 0 Å². The van der Waals surface area contributed by atoms with Crippen molar-refractivity contribution < 1.29 is 24.1 Å². The van der Waals surface area contributed by atoms with Crippen molar-refractivity contribution in [3.63, 3.8) is 0 Å². The van der Waals surface area contributed by atoms with E-state index in [1.807, 2.05) is 11.8 Å². The molecule has 1 aliphatic rings. The van der Waals surface area contributed by atoms with Gasteiger partial charge in [-0.1, -0.05) is 12.1 Å². The van der Waals surface area contributed by atoms with Gasteiger partial charge in [0.05, 0.1) is 13.7 Å². The van der Waals surface area contributed by atoms with Gasteiger partial charge in [-0.25, -0.2) is 4.79 Å². The molecule has 1 aromatic carbocycles. The lowest BCUT2D eigenvalue weighted by Gasteiger charge is -2.25. The molecule has 122 valence electrons. The van der Waals surface area contributed by atoms with E-state index >= 15 is 0 Å². The summed E-state index contributed by atoms with van der Waals surface area (Å²) in [4.78, 5) is 11.7. The zero-order valence-corrected chi connectivity index (χ0v) is 13.7. The summed E-state index contributed by atoms with van der Waals surface area (Å²) in [5.74, 6) is 2.42. The fourth-order valence-corrected chi connectivity index (χ4v) is 3.44. The summed E-state index contributed by atoms with van der Waals surface area (Å²) in [6.45, 7) is 1.91. The highest BCUT2D eigenvalue weighted by Gasteiger charge is 2.26. The lowest BCUT2D eigenvalue weighted by atomic mass is 10.1. The Labute approximate surface area is 134 Å². The number of aliphatic hydroxyl groups excluding tert-OH is 1. The second-order valence-corrected chi connectivity index (χ2v) is 6.19.